The Morgan fingerprint density at radius 1 is 0.680 bits per heavy atom. The van der Waals surface area contributed by atoms with Crippen molar-refractivity contribution >= 4 is 0 Å². The van der Waals surface area contributed by atoms with Crippen LogP contribution in [0.4, 0.5) is 0 Å². The molecule has 0 aromatic heterocycles. The molecule has 25 heavy (non-hydrogen) atoms. The third-order valence-corrected chi connectivity index (χ3v) is 7.20. The molecule has 2 rings (SSSR count). The summed E-state index contributed by atoms with van der Waals surface area (Å²) < 4.78 is 0. The summed E-state index contributed by atoms with van der Waals surface area (Å²) in [5.41, 5.74) is 12.9. The maximum absolute atomic E-state index is 6.45. The van der Waals surface area contributed by atoms with Crippen LogP contribution < -0.4 is 11.5 Å². The molecule has 0 heterocycles. The largest absolute Gasteiger partial charge is 0.327 e. The van der Waals surface area contributed by atoms with E-state index in [1.807, 2.05) is 0 Å². The molecule has 2 heteroatoms. The van der Waals surface area contributed by atoms with Crippen molar-refractivity contribution in [2.75, 3.05) is 0 Å². The van der Waals surface area contributed by atoms with E-state index in [9.17, 15) is 0 Å². The van der Waals surface area contributed by atoms with Gasteiger partial charge < -0.3 is 11.5 Å². The molecule has 2 nitrogen and oxygen atoms in total. The molecule has 2 aliphatic rings. The molecule has 0 aromatic rings. The Morgan fingerprint density at radius 2 is 1.08 bits per heavy atom. The monoisotopic (exact) mass is 350 g/mol. The van der Waals surface area contributed by atoms with E-state index in [2.05, 4.69) is 27.7 Å². The Hall–Kier alpha value is -0.0800. The van der Waals surface area contributed by atoms with Gasteiger partial charge in [0.1, 0.15) is 0 Å². The van der Waals surface area contributed by atoms with Crippen LogP contribution in [0.5, 0.6) is 0 Å². The average molecular weight is 351 g/mol. The van der Waals surface area contributed by atoms with E-state index in [1.54, 1.807) is 0 Å². The molecule has 0 saturated heterocycles. The topological polar surface area (TPSA) is 52.0 Å². The van der Waals surface area contributed by atoms with E-state index in [0.717, 1.165) is 35.5 Å². The van der Waals surface area contributed by atoms with Crippen LogP contribution in [0.15, 0.2) is 0 Å². The van der Waals surface area contributed by atoms with Crippen molar-refractivity contribution in [3.05, 3.63) is 0 Å². The quantitative estimate of drug-likeness (QED) is 0.587. The van der Waals surface area contributed by atoms with Crippen LogP contribution >= 0.6 is 0 Å². The van der Waals surface area contributed by atoms with Crippen LogP contribution in [0.25, 0.3) is 0 Å². The van der Waals surface area contributed by atoms with Crippen LogP contribution in [0.1, 0.15) is 98.3 Å². The van der Waals surface area contributed by atoms with Crippen molar-refractivity contribution in [3.63, 3.8) is 0 Å². The van der Waals surface area contributed by atoms with Crippen LogP contribution in [0, 0.1) is 35.5 Å². The molecule has 2 aliphatic carbocycles. The lowest BCUT2D eigenvalue weighted by molar-refractivity contribution is 0.146. The van der Waals surface area contributed by atoms with E-state index in [1.165, 1.54) is 70.6 Å². The van der Waals surface area contributed by atoms with Gasteiger partial charge in [0.2, 0.25) is 0 Å². The van der Waals surface area contributed by atoms with Gasteiger partial charge in [0.05, 0.1) is 0 Å². The Kier molecular flexibility index (Phi) is 8.75. The van der Waals surface area contributed by atoms with Crippen molar-refractivity contribution in [1.29, 1.82) is 0 Å². The van der Waals surface area contributed by atoms with Crippen LogP contribution in [0.2, 0.25) is 0 Å². The standard InChI is InChI=1S/C23H46N2/c1-16(2)5-9-20-14-18(7-11-22(20)24)13-19-8-12-23(25)21(15-19)10-6-17(3)4/h16-23H,5-15,24-25H2,1-4H3. The van der Waals surface area contributed by atoms with Gasteiger partial charge in [0.15, 0.2) is 0 Å². The van der Waals surface area contributed by atoms with Crippen molar-refractivity contribution in [2.24, 2.45) is 47.0 Å². The molecule has 0 radical (unpaired) electrons. The maximum Gasteiger partial charge on any atom is 0.00673 e. The fourth-order valence-corrected chi connectivity index (χ4v) is 5.43. The summed E-state index contributed by atoms with van der Waals surface area (Å²) in [5, 5.41) is 0. The molecular formula is C23H46N2. The summed E-state index contributed by atoms with van der Waals surface area (Å²) >= 11 is 0. The smallest absolute Gasteiger partial charge is 0.00673 e. The molecule has 0 spiro atoms. The SMILES string of the molecule is CC(C)CCC1CC(CC2CCC(N)C(CCC(C)C)C2)CCC1N. The summed E-state index contributed by atoms with van der Waals surface area (Å²) in [6.45, 7) is 9.37. The molecule has 148 valence electrons. The first-order chi connectivity index (χ1) is 11.8. The zero-order valence-electron chi connectivity index (χ0n) is 17.6. The lowest BCUT2D eigenvalue weighted by Crippen LogP contribution is -2.39. The highest BCUT2D eigenvalue weighted by Crippen LogP contribution is 2.40. The molecule has 0 amide bonds. The van der Waals surface area contributed by atoms with E-state index in [4.69, 9.17) is 11.5 Å². The van der Waals surface area contributed by atoms with Gasteiger partial charge in [0, 0.05) is 12.1 Å². The minimum Gasteiger partial charge on any atom is -0.327 e. The molecule has 6 unspecified atom stereocenters. The highest BCUT2D eigenvalue weighted by molar-refractivity contribution is 4.87. The zero-order chi connectivity index (χ0) is 18.4. The summed E-state index contributed by atoms with van der Waals surface area (Å²) in [7, 11) is 0. The third kappa shape index (κ3) is 7.21. The lowest BCUT2D eigenvalue weighted by atomic mass is 9.68. The van der Waals surface area contributed by atoms with Gasteiger partial charge in [-0.3, -0.25) is 0 Å². The number of rotatable bonds is 8. The first-order valence-electron chi connectivity index (χ1n) is 11.4. The van der Waals surface area contributed by atoms with Gasteiger partial charge in [-0.15, -0.1) is 0 Å². The molecule has 0 aliphatic heterocycles. The lowest BCUT2D eigenvalue weighted by Gasteiger charge is -2.39. The minimum absolute atomic E-state index is 0.466. The Balaban J connectivity index is 1.80. The van der Waals surface area contributed by atoms with Gasteiger partial charge in [0.25, 0.3) is 0 Å². The molecular weight excluding hydrogens is 304 g/mol. The van der Waals surface area contributed by atoms with Gasteiger partial charge in [-0.05, 0) is 93.3 Å². The molecule has 0 bridgehead atoms. The number of hydrogen-bond donors (Lipinski definition) is 2. The van der Waals surface area contributed by atoms with Crippen molar-refractivity contribution in [2.45, 2.75) is 110 Å². The average Bonchev–Trinajstić information content (AvgIpc) is 2.55. The van der Waals surface area contributed by atoms with Crippen molar-refractivity contribution < 1.29 is 0 Å². The molecule has 6 atom stereocenters. The van der Waals surface area contributed by atoms with Gasteiger partial charge in [-0.1, -0.05) is 40.5 Å². The summed E-state index contributed by atoms with van der Waals surface area (Å²) in [6.07, 6.45) is 14.9. The second kappa shape index (κ2) is 10.3. The molecule has 2 fully saturated rings. The third-order valence-electron chi connectivity index (χ3n) is 7.20. The number of nitrogens with two attached hydrogens (primary N) is 2. The Bertz CT molecular complexity index is 331. The second-order valence-corrected chi connectivity index (χ2v) is 10.4. The van der Waals surface area contributed by atoms with E-state index in [0.29, 0.717) is 12.1 Å². The summed E-state index contributed by atoms with van der Waals surface area (Å²) in [4.78, 5) is 0. The maximum atomic E-state index is 6.45. The minimum atomic E-state index is 0.466. The molecule has 2 saturated carbocycles. The fourth-order valence-electron chi connectivity index (χ4n) is 5.43. The first-order valence-corrected chi connectivity index (χ1v) is 11.4. The predicted octanol–water partition coefficient (Wildman–Crippen LogP) is 5.74. The van der Waals surface area contributed by atoms with Crippen molar-refractivity contribution in [3.8, 4) is 0 Å². The zero-order valence-corrected chi connectivity index (χ0v) is 17.6. The highest BCUT2D eigenvalue weighted by Gasteiger charge is 2.33. The molecule has 0 aromatic carbocycles. The van der Waals surface area contributed by atoms with Crippen molar-refractivity contribution in [1.82, 2.24) is 0 Å². The summed E-state index contributed by atoms with van der Waals surface area (Å²) in [5.74, 6) is 5.06. The highest BCUT2D eigenvalue weighted by atomic mass is 14.7. The summed E-state index contributed by atoms with van der Waals surface area (Å²) in [6, 6.07) is 0.933. The van der Waals surface area contributed by atoms with Gasteiger partial charge in [-0.25, -0.2) is 0 Å². The van der Waals surface area contributed by atoms with Crippen LogP contribution in [-0.4, -0.2) is 12.1 Å². The van der Waals surface area contributed by atoms with E-state index < -0.39 is 0 Å². The van der Waals surface area contributed by atoms with Crippen LogP contribution in [-0.2, 0) is 0 Å². The van der Waals surface area contributed by atoms with Gasteiger partial charge in [-0.2, -0.15) is 0 Å². The van der Waals surface area contributed by atoms with E-state index in [-0.39, 0.29) is 0 Å². The second-order valence-electron chi connectivity index (χ2n) is 10.4. The Labute approximate surface area is 157 Å². The molecule has 4 N–H and O–H groups in total. The Morgan fingerprint density at radius 3 is 1.44 bits per heavy atom. The van der Waals surface area contributed by atoms with E-state index >= 15 is 0 Å². The first kappa shape index (κ1) is 21.2. The van der Waals surface area contributed by atoms with Gasteiger partial charge >= 0.3 is 0 Å². The fraction of sp³-hybridized carbons (Fsp3) is 1.00. The predicted molar refractivity (Wildman–Crippen MR) is 110 cm³/mol. The number of hydrogen-bond acceptors (Lipinski definition) is 2. The van der Waals surface area contributed by atoms with Crippen LogP contribution in [0.3, 0.4) is 0 Å². The normalized spacial score (nSPS) is 37.0.